The van der Waals surface area contributed by atoms with E-state index in [1.807, 2.05) is 6.07 Å². The topological polar surface area (TPSA) is 29.1 Å². The molecule has 0 saturated heterocycles. The fourth-order valence-electron chi connectivity index (χ4n) is 1.86. The molecule has 0 aliphatic carbocycles. The minimum Gasteiger partial charge on any atom is -0.355 e. The lowest BCUT2D eigenvalue weighted by Crippen LogP contribution is -2.20. The molecule has 1 amide bonds. The first-order valence-corrected chi connectivity index (χ1v) is 5.74. The lowest BCUT2D eigenvalue weighted by molar-refractivity contribution is 0.0960. The molecule has 0 spiro atoms. The number of carbonyl (C=O) groups is 1. The van der Waals surface area contributed by atoms with Crippen molar-refractivity contribution in [2.45, 2.75) is 6.17 Å². The molecule has 0 aliphatic rings. The first-order valence-electron chi connectivity index (χ1n) is 5.74. The number of halogens is 1. The Bertz CT molecular complexity index is 539. The Hall–Kier alpha value is -2.16. The molecule has 2 nitrogen and oxygen atoms in total. The maximum Gasteiger partial charge on any atom is 0.251 e. The van der Waals surface area contributed by atoms with Gasteiger partial charge in [0.15, 0.2) is 6.17 Å². The molecule has 18 heavy (non-hydrogen) atoms. The molecule has 2 aromatic carbocycles. The van der Waals surface area contributed by atoms with Crippen LogP contribution in [-0.4, -0.2) is 13.0 Å². The van der Waals surface area contributed by atoms with Crippen molar-refractivity contribution in [3.8, 4) is 0 Å². The van der Waals surface area contributed by atoms with Gasteiger partial charge in [0.2, 0.25) is 0 Å². The van der Waals surface area contributed by atoms with Gasteiger partial charge in [0.25, 0.3) is 5.91 Å². The predicted octanol–water partition coefficient (Wildman–Crippen LogP) is 3.11. The fourth-order valence-corrected chi connectivity index (χ4v) is 1.86. The summed E-state index contributed by atoms with van der Waals surface area (Å²) in [6.07, 6.45) is -1.29. The second-order valence-corrected chi connectivity index (χ2v) is 3.94. The molecule has 0 bridgehead atoms. The van der Waals surface area contributed by atoms with Gasteiger partial charge in [-0.05, 0) is 11.6 Å². The van der Waals surface area contributed by atoms with E-state index in [4.69, 9.17) is 0 Å². The van der Waals surface area contributed by atoms with Crippen molar-refractivity contribution in [2.24, 2.45) is 0 Å². The minimum atomic E-state index is -1.29. The molecule has 1 N–H and O–H groups in total. The van der Waals surface area contributed by atoms with Crippen LogP contribution in [0.2, 0.25) is 0 Å². The van der Waals surface area contributed by atoms with E-state index in [0.717, 1.165) is 0 Å². The van der Waals surface area contributed by atoms with Gasteiger partial charge >= 0.3 is 0 Å². The summed E-state index contributed by atoms with van der Waals surface area (Å²) < 4.78 is 14.4. The summed E-state index contributed by atoms with van der Waals surface area (Å²) >= 11 is 0. The monoisotopic (exact) mass is 243 g/mol. The Morgan fingerprint density at radius 3 is 2.33 bits per heavy atom. The maximum atomic E-state index is 14.4. The number of rotatable bonds is 3. The third-order valence-corrected chi connectivity index (χ3v) is 2.80. The van der Waals surface area contributed by atoms with E-state index >= 15 is 0 Å². The van der Waals surface area contributed by atoms with Crippen molar-refractivity contribution < 1.29 is 9.18 Å². The molecule has 0 fully saturated rings. The van der Waals surface area contributed by atoms with Crippen LogP contribution in [0.1, 0.15) is 27.7 Å². The molecule has 92 valence electrons. The summed E-state index contributed by atoms with van der Waals surface area (Å²) in [6.45, 7) is 0. The van der Waals surface area contributed by atoms with E-state index in [1.165, 1.54) is 7.05 Å². The Morgan fingerprint density at radius 2 is 1.67 bits per heavy atom. The molecule has 2 aromatic rings. The molecule has 0 radical (unpaired) electrons. The zero-order valence-corrected chi connectivity index (χ0v) is 10.1. The lowest BCUT2D eigenvalue weighted by atomic mass is 9.97. The second-order valence-electron chi connectivity index (χ2n) is 3.94. The van der Waals surface area contributed by atoms with Gasteiger partial charge in [0.1, 0.15) is 0 Å². The molecule has 3 heteroatoms. The van der Waals surface area contributed by atoms with Gasteiger partial charge in [-0.2, -0.15) is 0 Å². The van der Waals surface area contributed by atoms with Crippen LogP contribution >= 0.6 is 0 Å². The van der Waals surface area contributed by atoms with Crippen LogP contribution in [0, 0.1) is 0 Å². The predicted molar refractivity (Wildman–Crippen MR) is 69.2 cm³/mol. The smallest absolute Gasteiger partial charge is 0.251 e. The van der Waals surface area contributed by atoms with E-state index in [-0.39, 0.29) is 5.91 Å². The van der Waals surface area contributed by atoms with Crippen LogP contribution in [0.4, 0.5) is 4.39 Å². The molecule has 2 rings (SSSR count). The zero-order valence-electron chi connectivity index (χ0n) is 10.1. The van der Waals surface area contributed by atoms with Crippen molar-refractivity contribution in [3.05, 3.63) is 71.3 Å². The number of carbonyl (C=O) groups excluding carboxylic acids is 1. The van der Waals surface area contributed by atoms with E-state index in [2.05, 4.69) is 5.32 Å². The summed E-state index contributed by atoms with van der Waals surface area (Å²) in [5.74, 6) is -0.274. The summed E-state index contributed by atoms with van der Waals surface area (Å²) in [5, 5.41) is 2.52. The summed E-state index contributed by atoms with van der Waals surface area (Å²) in [4.78, 5) is 11.7. The Kier molecular flexibility index (Phi) is 3.72. The van der Waals surface area contributed by atoms with Crippen LogP contribution in [0.5, 0.6) is 0 Å². The Balaban J connectivity index is 2.42. The average molecular weight is 243 g/mol. The number of hydrogen-bond acceptors (Lipinski definition) is 1. The van der Waals surface area contributed by atoms with Crippen LogP contribution in [-0.2, 0) is 0 Å². The first-order chi connectivity index (χ1) is 8.74. The standard InChI is InChI=1S/C15H14FNO/c1-17-15(18)13-10-6-5-9-12(13)14(16)11-7-3-2-4-8-11/h2-10,14H,1H3,(H,17,18). The number of alkyl halides is 1. The molecular formula is C15H14FNO. The van der Waals surface area contributed by atoms with E-state index < -0.39 is 6.17 Å². The SMILES string of the molecule is CNC(=O)c1ccccc1C(F)c1ccccc1. The molecule has 0 aliphatic heterocycles. The van der Waals surface area contributed by atoms with Crippen molar-refractivity contribution in [1.82, 2.24) is 5.32 Å². The third-order valence-electron chi connectivity index (χ3n) is 2.80. The van der Waals surface area contributed by atoms with Crippen molar-refractivity contribution in [2.75, 3.05) is 7.05 Å². The Labute approximate surface area is 105 Å². The largest absolute Gasteiger partial charge is 0.355 e. The van der Waals surface area contributed by atoms with E-state index in [0.29, 0.717) is 16.7 Å². The van der Waals surface area contributed by atoms with Gasteiger partial charge in [-0.1, -0.05) is 48.5 Å². The second kappa shape index (κ2) is 5.45. The molecular weight excluding hydrogens is 229 g/mol. The average Bonchev–Trinajstić information content (AvgIpc) is 2.46. The van der Waals surface area contributed by atoms with Gasteiger partial charge in [-0.25, -0.2) is 4.39 Å². The number of nitrogens with one attached hydrogen (secondary N) is 1. The number of amides is 1. The summed E-state index contributed by atoms with van der Waals surface area (Å²) in [7, 11) is 1.54. The molecule has 0 saturated carbocycles. The van der Waals surface area contributed by atoms with Crippen LogP contribution in [0.3, 0.4) is 0 Å². The summed E-state index contributed by atoms with van der Waals surface area (Å²) in [5.41, 5.74) is 1.31. The molecule has 0 heterocycles. The maximum absolute atomic E-state index is 14.4. The van der Waals surface area contributed by atoms with Gasteiger partial charge in [0.05, 0.1) is 0 Å². The van der Waals surface area contributed by atoms with Gasteiger partial charge in [0, 0.05) is 18.2 Å². The lowest BCUT2D eigenvalue weighted by Gasteiger charge is -2.13. The van der Waals surface area contributed by atoms with Gasteiger partial charge in [-0.3, -0.25) is 4.79 Å². The molecule has 1 atom stereocenters. The van der Waals surface area contributed by atoms with E-state index in [9.17, 15) is 9.18 Å². The highest BCUT2D eigenvalue weighted by Gasteiger charge is 2.18. The summed E-state index contributed by atoms with van der Waals surface area (Å²) in [6, 6.07) is 15.6. The van der Waals surface area contributed by atoms with E-state index in [1.54, 1.807) is 48.5 Å². The van der Waals surface area contributed by atoms with Crippen LogP contribution in [0.25, 0.3) is 0 Å². The molecule has 0 aromatic heterocycles. The van der Waals surface area contributed by atoms with Crippen molar-refractivity contribution in [1.29, 1.82) is 0 Å². The fraction of sp³-hybridized carbons (Fsp3) is 0.133. The zero-order chi connectivity index (χ0) is 13.0. The highest BCUT2D eigenvalue weighted by Crippen LogP contribution is 2.28. The number of hydrogen-bond donors (Lipinski definition) is 1. The van der Waals surface area contributed by atoms with Crippen molar-refractivity contribution >= 4 is 5.91 Å². The Morgan fingerprint density at radius 1 is 1.06 bits per heavy atom. The van der Waals surface area contributed by atoms with Gasteiger partial charge < -0.3 is 5.32 Å². The highest BCUT2D eigenvalue weighted by molar-refractivity contribution is 5.95. The van der Waals surface area contributed by atoms with Crippen molar-refractivity contribution in [3.63, 3.8) is 0 Å². The minimum absolute atomic E-state index is 0.274. The quantitative estimate of drug-likeness (QED) is 0.881. The third kappa shape index (κ3) is 2.40. The first kappa shape index (κ1) is 12.3. The van der Waals surface area contributed by atoms with Gasteiger partial charge in [-0.15, -0.1) is 0 Å². The van der Waals surface area contributed by atoms with Crippen LogP contribution < -0.4 is 5.32 Å². The molecule has 1 unspecified atom stereocenters. The number of benzene rings is 2. The van der Waals surface area contributed by atoms with Crippen LogP contribution in [0.15, 0.2) is 54.6 Å². The normalized spacial score (nSPS) is 11.9. The highest BCUT2D eigenvalue weighted by atomic mass is 19.1.